The third kappa shape index (κ3) is 3.17. The fourth-order valence-corrected chi connectivity index (χ4v) is 2.46. The number of nitrogens with two attached hydrogens (primary N) is 1. The van der Waals surface area contributed by atoms with Crippen molar-refractivity contribution in [3.63, 3.8) is 0 Å². The summed E-state index contributed by atoms with van der Waals surface area (Å²) in [5.41, 5.74) is 6.11. The lowest BCUT2D eigenvalue weighted by atomic mass is 10.2. The molecule has 6 nitrogen and oxygen atoms in total. The Morgan fingerprint density at radius 3 is 2.90 bits per heavy atom. The maximum atomic E-state index is 11.0. The van der Waals surface area contributed by atoms with E-state index in [9.17, 15) is 10.1 Å². The van der Waals surface area contributed by atoms with Crippen LogP contribution in [-0.2, 0) is 6.61 Å². The zero-order valence-electron chi connectivity index (χ0n) is 10.0. The van der Waals surface area contributed by atoms with Crippen LogP contribution in [0.25, 0.3) is 0 Å². The molecule has 0 spiro atoms. The van der Waals surface area contributed by atoms with Crippen molar-refractivity contribution in [1.29, 1.82) is 0 Å². The molecule has 0 atom stereocenters. The summed E-state index contributed by atoms with van der Waals surface area (Å²) in [6.07, 6.45) is 1.56. The van der Waals surface area contributed by atoms with Gasteiger partial charge in [0.2, 0.25) is 5.75 Å². The summed E-state index contributed by atoms with van der Waals surface area (Å²) < 4.78 is 5.89. The Labute approximate surface area is 127 Å². The first-order valence-electron chi connectivity index (χ1n) is 5.44. The van der Waals surface area contributed by atoms with Gasteiger partial charge < -0.3 is 10.5 Å². The molecule has 0 radical (unpaired) electrons. The average Bonchev–Trinajstić information content (AvgIpc) is 2.38. The zero-order valence-corrected chi connectivity index (χ0v) is 12.4. The van der Waals surface area contributed by atoms with Gasteiger partial charge in [-0.05, 0) is 28.1 Å². The molecule has 20 heavy (non-hydrogen) atoms. The quantitative estimate of drug-likeness (QED) is 0.666. The summed E-state index contributed by atoms with van der Waals surface area (Å²) >= 11 is 8.99. The Bertz CT molecular complexity index is 666. The van der Waals surface area contributed by atoms with Crippen LogP contribution in [0.3, 0.4) is 0 Å². The minimum Gasteiger partial charge on any atom is -0.481 e. The molecule has 0 aliphatic carbocycles. The molecule has 8 heteroatoms. The smallest absolute Gasteiger partial charge is 0.313 e. The number of ether oxygens (including phenoxy) is 1. The van der Waals surface area contributed by atoms with E-state index in [4.69, 9.17) is 22.1 Å². The number of nitrogens with zero attached hydrogens (tertiary/aromatic N) is 2. The Morgan fingerprint density at radius 2 is 2.25 bits per heavy atom. The molecule has 0 saturated carbocycles. The molecule has 1 aromatic carbocycles. The van der Waals surface area contributed by atoms with Gasteiger partial charge in [-0.2, -0.15) is 0 Å². The van der Waals surface area contributed by atoms with Gasteiger partial charge in [0, 0.05) is 22.8 Å². The lowest BCUT2D eigenvalue weighted by Crippen LogP contribution is -2.03. The highest BCUT2D eigenvalue weighted by molar-refractivity contribution is 9.10. The normalized spacial score (nSPS) is 10.3. The Kier molecular flexibility index (Phi) is 4.41. The third-order valence-corrected chi connectivity index (χ3v) is 3.29. The van der Waals surface area contributed by atoms with Crippen LogP contribution < -0.4 is 10.5 Å². The predicted octanol–water partition coefficient (Wildman–Crippen LogP) is 3.57. The van der Waals surface area contributed by atoms with Crippen LogP contribution in [0.15, 0.2) is 34.9 Å². The number of halogens is 2. The maximum absolute atomic E-state index is 11.0. The largest absolute Gasteiger partial charge is 0.481 e. The van der Waals surface area contributed by atoms with Crippen molar-refractivity contribution in [1.82, 2.24) is 4.98 Å². The lowest BCUT2D eigenvalue weighted by molar-refractivity contribution is -0.386. The Balaban J connectivity index is 2.30. The SMILES string of the molecule is Nc1ncccc1COc1c(Br)cc(Cl)cc1[N+](=O)[O-]. The fourth-order valence-electron chi connectivity index (χ4n) is 1.55. The van der Waals surface area contributed by atoms with Crippen molar-refractivity contribution >= 4 is 39.0 Å². The molecule has 2 N–H and O–H groups in total. The van der Waals surface area contributed by atoms with E-state index in [1.54, 1.807) is 18.3 Å². The third-order valence-electron chi connectivity index (χ3n) is 2.48. The lowest BCUT2D eigenvalue weighted by Gasteiger charge is -2.10. The second-order valence-corrected chi connectivity index (χ2v) is 5.12. The van der Waals surface area contributed by atoms with Gasteiger partial charge in [0.15, 0.2) is 0 Å². The number of hydrogen-bond donors (Lipinski definition) is 1. The van der Waals surface area contributed by atoms with Crippen molar-refractivity contribution in [3.8, 4) is 5.75 Å². The molecule has 0 unspecified atom stereocenters. The van der Waals surface area contributed by atoms with Crippen molar-refractivity contribution in [2.75, 3.05) is 5.73 Å². The van der Waals surface area contributed by atoms with Gasteiger partial charge >= 0.3 is 5.69 Å². The van der Waals surface area contributed by atoms with E-state index in [1.807, 2.05) is 0 Å². The van der Waals surface area contributed by atoms with Gasteiger partial charge in [-0.15, -0.1) is 0 Å². The van der Waals surface area contributed by atoms with Crippen molar-refractivity contribution < 1.29 is 9.66 Å². The first kappa shape index (κ1) is 14.5. The number of hydrogen-bond acceptors (Lipinski definition) is 5. The summed E-state index contributed by atoms with van der Waals surface area (Å²) in [5.74, 6) is 0.419. The van der Waals surface area contributed by atoms with Crippen LogP contribution in [0, 0.1) is 10.1 Å². The van der Waals surface area contributed by atoms with Crippen LogP contribution in [0.4, 0.5) is 11.5 Å². The van der Waals surface area contributed by atoms with Gasteiger partial charge in [0.05, 0.1) is 9.40 Å². The first-order chi connectivity index (χ1) is 9.49. The molecule has 2 rings (SSSR count). The molecule has 1 heterocycles. The number of aromatic nitrogens is 1. The highest BCUT2D eigenvalue weighted by Gasteiger charge is 2.20. The average molecular weight is 359 g/mol. The number of benzene rings is 1. The fraction of sp³-hybridized carbons (Fsp3) is 0.0833. The number of rotatable bonds is 4. The Hall–Kier alpha value is -1.86. The van der Waals surface area contributed by atoms with Crippen LogP contribution in [0.5, 0.6) is 5.75 Å². The van der Waals surface area contributed by atoms with Gasteiger partial charge in [-0.3, -0.25) is 10.1 Å². The number of nitro groups is 1. The summed E-state index contributed by atoms with van der Waals surface area (Å²) in [7, 11) is 0. The first-order valence-corrected chi connectivity index (χ1v) is 6.61. The van der Waals surface area contributed by atoms with Gasteiger partial charge in [0.25, 0.3) is 0 Å². The van der Waals surface area contributed by atoms with E-state index in [-0.39, 0.29) is 23.1 Å². The molecule has 104 valence electrons. The molecule has 1 aromatic heterocycles. The minimum absolute atomic E-state index is 0.0702. The molecule has 2 aromatic rings. The van der Waals surface area contributed by atoms with E-state index < -0.39 is 4.92 Å². The number of pyridine rings is 1. The van der Waals surface area contributed by atoms with Gasteiger partial charge in [0.1, 0.15) is 12.4 Å². The van der Waals surface area contributed by atoms with Crippen LogP contribution in [0.2, 0.25) is 5.02 Å². The number of nitrogen functional groups attached to an aromatic ring is 1. The van der Waals surface area contributed by atoms with E-state index >= 15 is 0 Å². The second-order valence-electron chi connectivity index (χ2n) is 3.83. The van der Waals surface area contributed by atoms with Gasteiger partial charge in [-0.25, -0.2) is 4.98 Å². The van der Waals surface area contributed by atoms with Crippen molar-refractivity contribution in [3.05, 3.63) is 55.6 Å². The van der Waals surface area contributed by atoms with Crippen LogP contribution >= 0.6 is 27.5 Å². The summed E-state index contributed by atoms with van der Waals surface area (Å²) in [6.45, 7) is 0.0702. The van der Waals surface area contributed by atoms with Crippen molar-refractivity contribution in [2.45, 2.75) is 6.61 Å². The predicted molar refractivity (Wildman–Crippen MR) is 78.8 cm³/mol. The second kappa shape index (κ2) is 6.06. The molecule has 0 bridgehead atoms. The summed E-state index contributed by atoms with van der Waals surface area (Å²) in [6, 6.07) is 6.20. The van der Waals surface area contributed by atoms with Gasteiger partial charge in [-0.1, -0.05) is 17.7 Å². The monoisotopic (exact) mass is 357 g/mol. The van der Waals surface area contributed by atoms with E-state index in [1.165, 1.54) is 12.1 Å². The molecule has 0 aliphatic rings. The molecular weight excluding hydrogens is 350 g/mol. The van der Waals surface area contributed by atoms with Crippen LogP contribution in [-0.4, -0.2) is 9.91 Å². The molecule has 0 amide bonds. The summed E-state index contributed by atoms with van der Waals surface area (Å²) in [4.78, 5) is 14.4. The Morgan fingerprint density at radius 1 is 1.50 bits per heavy atom. The number of anilines is 1. The minimum atomic E-state index is -0.557. The summed E-state index contributed by atoms with van der Waals surface area (Å²) in [5, 5.41) is 11.3. The van der Waals surface area contributed by atoms with Crippen LogP contribution in [0.1, 0.15) is 5.56 Å². The van der Waals surface area contributed by atoms with Crippen molar-refractivity contribution in [2.24, 2.45) is 0 Å². The zero-order chi connectivity index (χ0) is 14.7. The highest BCUT2D eigenvalue weighted by Crippen LogP contribution is 2.38. The molecule has 0 saturated heterocycles. The number of nitro benzene ring substituents is 1. The maximum Gasteiger partial charge on any atom is 0.313 e. The molecular formula is C12H9BrClN3O3. The topological polar surface area (TPSA) is 91.3 Å². The van der Waals surface area contributed by atoms with E-state index in [2.05, 4.69) is 20.9 Å². The van der Waals surface area contributed by atoms with E-state index in [0.29, 0.717) is 15.9 Å². The molecule has 0 fully saturated rings. The highest BCUT2D eigenvalue weighted by atomic mass is 79.9. The van der Waals surface area contributed by atoms with E-state index in [0.717, 1.165) is 0 Å². The molecule has 0 aliphatic heterocycles. The standard InChI is InChI=1S/C12H9BrClN3O3/c13-9-4-8(14)5-10(17(18)19)11(9)20-6-7-2-1-3-16-12(7)15/h1-5H,6H2,(H2,15,16).